The zero-order valence-electron chi connectivity index (χ0n) is 12.9. The third kappa shape index (κ3) is 2.69. The Kier molecular flexibility index (Phi) is 4.25. The largest absolute Gasteiger partial charge is 0.356 e. The highest BCUT2D eigenvalue weighted by molar-refractivity contribution is 5.49. The Labute approximate surface area is 123 Å². The van der Waals surface area contributed by atoms with Crippen molar-refractivity contribution in [2.45, 2.75) is 58.0 Å². The molecule has 3 rings (SSSR count). The molecule has 1 aromatic heterocycles. The van der Waals surface area contributed by atoms with E-state index in [1.165, 1.54) is 63.1 Å². The topological polar surface area (TPSA) is 19.4 Å². The summed E-state index contributed by atoms with van der Waals surface area (Å²) >= 11 is 0. The maximum absolute atomic E-state index is 4.74. The summed E-state index contributed by atoms with van der Waals surface area (Å²) in [7, 11) is 0. The van der Waals surface area contributed by atoms with Crippen molar-refractivity contribution in [1.29, 1.82) is 0 Å². The standard InChI is InChI=1S/C17H27N3/c1-14(2)20-13-7-9-16(20)15-8-6-10-18-17(15)19-11-4-3-5-12-19/h6,8,10,14,16H,3-5,7,9,11-13H2,1-2H3. The number of piperidine rings is 1. The summed E-state index contributed by atoms with van der Waals surface area (Å²) in [6, 6.07) is 5.61. The van der Waals surface area contributed by atoms with Crippen LogP contribution in [0.2, 0.25) is 0 Å². The summed E-state index contributed by atoms with van der Waals surface area (Å²) in [4.78, 5) is 9.89. The van der Waals surface area contributed by atoms with Crippen LogP contribution in [0.5, 0.6) is 0 Å². The van der Waals surface area contributed by atoms with E-state index in [4.69, 9.17) is 4.98 Å². The van der Waals surface area contributed by atoms with Crippen molar-refractivity contribution in [2.24, 2.45) is 0 Å². The van der Waals surface area contributed by atoms with Crippen LogP contribution >= 0.6 is 0 Å². The third-order valence-corrected chi connectivity index (χ3v) is 4.79. The maximum atomic E-state index is 4.74. The molecule has 0 spiro atoms. The van der Waals surface area contributed by atoms with E-state index in [1.54, 1.807) is 0 Å². The van der Waals surface area contributed by atoms with Crippen molar-refractivity contribution in [3.63, 3.8) is 0 Å². The van der Waals surface area contributed by atoms with Gasteiger partial charge in [-0.25, -0.2) is 4.98 Å². The summed E-state index contributed by atoms with van der Waals surface area (Å²) in [5.74, 6) is 1.25. The molecule has 2 fully saturated rings. The van der Waals surface area contributed by atoms with Crippen LogP contribution in [0, 0.1) is 0 Å². The summed E-state index contributed by atoms with van der Waals surface area (Å²) in [6.07, 6.45) is 8.56. The molecule has 3 heteroatoms. The van der Waals surface area contributed by atoms with Gasteiger partial charge in [-0.15, -0.1) is 0 Å². The van der Waals surface area contributed by atoms with E-state index in [2.05, 4.69) is 35.8 Å². The molecule has 1 atom stereocenters. The van der Waals surface area contributed by atoms with Gasteiger partial charge in [0.15, 0.2) is 0 Å². The molecule has 0 aromatic carbocycles. The van der Waals surface area contributed by atoms with E-state index in [-0.39, 0.29) is 0 Å². The predicted octanol–water partition coefficient (Wildman–Crippen LogP) is 3.62. The SMILES string of the molecule is CC(C)N1CCCC1c1cccnc1N1CCCCC1. The van der Waals surface area contributed by atoms with Gasteiger partial charge in [-0.1, -0.05) is 6.07 Å². The van der Waals surface area contributed by atoms with Gasteiger partial charge in [0, 0.05) is 36.9 Å². The first-order valence-electron chi connectivity index (χ1n) is 8.23. The highest BCUT2D eigenvalue weighted by atomic mass is 15.2. The molecule has 0 amide bonds. The normalized spacial score (nSPS) is 24.6. The first kappa shape index (κ1) is 13.9. The van der Waals surface area contributed by atoms with E-state index >= 15 is 0 Å². The van der Waals surface area contributed by atoms with Gasteiger partial charge in [-0.2, -0.15) is 0 Å². The second-order valence-corrected chi connectivity index (χ2v) is 6.45. The number of pyridine rings is 1. The Morgan fingerprint density at radius 3 is 2.65 bits per heavy atom. The fraction of sp³-hybridized carbons (Fsp3) is 0.706. The lowest BCUT2D eigenvalue weighted by atomic mass is 10.0. The van der Waals surface area contributed by atoms with Crippen molar-refractivity contribution in [2.75, 3.05) is 24.5 Å². The minimum atomic E-state index is 0.570. The van der Waals surface area contributed by atoms with Gasteiger partial charge in [-0.3, -0.25) is 4.90 Å². The Bertz CT molecular complexity index is 438. The quantitative estimate of drug-likeness (QED) is 0.838. The third-order valence-electron chi connectivity index (χ3n) is 4.79. The lowest BCUT2D eigenvalue weighted by Gasteiger charge is -2.34. The molecule has 2 saturated heterocycles. The Hall–Kier alpha value is -1.09. The minimum absolute atomic E-state index is 0.570. The monoisotopic (exact) mass is 273 g/mol. The first-order chi connectivity index (χ1) is 9.77. The number of hydrogen-bond acceptors (Lipinski definition) is 3. The molecular formula is C17H27N3. The summed E-state index contributed by atoms with van der Waals surface area (Å²) in [5.41, 5.74) is 1.46. The van der Waals surface area contributed by atoms with E-state index in [0.29, 0.717) is 12.1 Å². The fourth-order valence-corrected chi connectivity index (χ4v) is 3.78. The molecular weight excluding hydrogens is 246 g/mol. The second-order valence-electron chi connectivity index (χ2n) is 6.45. The van der Waals surface area contributed by atoms with Crippen molar-refractivity contribution >= 4 is 5.82 Å². The average Bonchev–Trinajstić information content (AvgIpc) is 2.98. The molecule has 3 heterocycles. The van der Waals surface area contributed by atoms with Crippen LogP contribution in [-0.4, -0.2) is 35.6 Å². The van der Waals surface area contributed by atoms with Crippen LogP contribution in [0.1, 0.15) is 57.6 Å². The molecule has 0 saturated carbocycles. The lowest BCUT2D eigenvalue weighted by molar-refractivity contribution is 0.205. The van der Waals surface area contributed by atoms with Crippen LogP contribution in [0.3, 0.4) is 0 Å². The highest BCUT2D eigenvalue weighted by Gasteiger charge is 2.31. The summed E-state index contributed by atoms with van der Waals surface area (Å²) in [5, 5.41) is 0. The smallest absolute Gasteiger partial charge is 0.133 e. The number of hydrogen-bond donors (Lipinski definition) is 0. The zero-order chi connectivity index (χ0) is 13.9. The Morgan fingerprint density at radius 2 is 1.90 bits per heavy atom. The summed E-state index contributed by atoms with van der Waals surface area (Å²) < 4.78 is 0. The van der Waals surface area contributed by atoms with Crippen LogP contribution in [0.4, 0.5) is 5.82 Å². The van der Waals surface area contributed by atoms with Gasteiger partial charge in [0.05, 0.1) is 0 Å². The molecule has 110 valence electrons. The molecule has 1 unspecified atom stereocenters. The molecule has 0 bridgehead atoms. The summed E-state index contributed by atoms with van der Waals surface area (Å²) in [6.45, 7) is 8.22. The first-order valence-corrected chi connectivity index (χ1v) is 8.23. The van der Waals surface area contributed by atoms with Crippen LogP contribution in [-0.2, 0) is 0 Å². The van der Waals surface area contributed by atoms with Crippen molar-refractivity contribution in [3.05, 3.63) is 23.9 Å². The zero-order valence-corrected chi connectivity index (χ0v) is 12.9. The number of anilines is 1. The Balaban J connectivity index is 1.89. The van der Waals surface area contributed by atoms with E-state index in [0.717, 1.165) is 0 Å². The van der Waals surface area contributed by atoms with Crippen LogP contribution in [0.25, 0.3) is 0 Å². The Morgan fingerprint density at radius 1 is 1.10 bits per heavy atom. The van der Waals surface area contributed by atoms with Crippen molar-refractivity contribution in [1.82, 2.24) is 9.88 Å². The average molecular weight is 273 g/mol. The molecule has 2 aliphatic heterocycles. The molecule has 3 nitrogen and oxygen atoms in total. The van der Waals surface area contributed by atoms with Gasteiger partial charge in [0.25, 0.3) is 0 Å². The molecule has 0 aliphatic carbocycles. The van der Waals surface area contributed by atoms with Crippen molar-refractivity contribution in [3.8, 4) is 0 Å². The van der Waals surface area contributed by atoms with E-state index in [9.17, 15) is 0 Å². The minimum Gasteiger partial charge on any atom is -0.356 e. The number of rotatable bonds is 3. The van der Waals surface area contributed by atoms with Gasteiger partial charge < -0.3 is 4.90 Å². The van der Waals surface area contributed by atoms with Gasteiger partial charge in [-0.05, 0) is 58.6 Å². The molecule has 20 heavy (non-hydrogen) atoms. The van der Waals surface area contributed by atoms with E-state index in [1.807, 2.05) is 6.20 Å². The number of aromatic nitrogens is 1. The van der Waals surface area contributed by atoms with Gasteiger partial charge in [0.1, 0.15) is 5.82 Å². The van der Waals surface area contributed by atoms with Crippen LogP contribution in [0.15, 0.2) is 18.3 Å². The fourth-order valence-electron chi connectivity index (χ4n) is 3.78. The predicted molar refractivity (Wildman–Crippen MR) is 84.1 cm³/mol. The molecule has 2 aliphatic rings. The van der Waals surface area contributed by atoms with E-state index < -0.39 is 0 Å². The van der Waals surface area contributed by atoms with Crippen LogP contribution < -0.4 is 4.90 Å². The second kappa shape index (κ2) is 6.13. The molecule has 0 N–H and O–H groups in total. The lowest BCUT2D eigenvalue weighted by Crippen LogP contribution is -2.34. The van der Waals surface area contributed by atoms with Gasteiger partial charge >= 0.3 is 0 Å². The highest BCUT2D eigenvalue weighted by Crippen LogP contribution is 2.37. The number of nitrogens with zero attached hydrogens (tertiary/aromatic N) is 3. The molecule has 0 radical (unpaired) electrons. The molecule has 1 aromatic rings. The maximum Gasteiger partial charge on any atom is 0.133 e. The van der Waals surface area contributed by atoms with Crippen molar-refractivity contribution < 1.29 is 0 Å². The van der Waals surface area contributed by atoms with Gasteiger partial charge in [0.2, 0.25) is 0 Å². The number of likely N-dealkylation sites (tertiary alicyclic amines) is 1.